The van der Waals surface area contributed by atoms with Crippen LogP contribution >= 0.6 is 0 Å². The standard InChI is InChI=1S/C13H22N2/c1-4-10-14-12(3)8-9-13-7-6-11-15(13)5-2/h6-9,11-12,14H,4-5,10H2,1-3H3/b9-8+. The number of aromatic nitrogens is 1. The third-order valence-electron chi connectivity index (χ3n) is 2.48. The minimum atomic E-state index is 0.449. The largest absolute Gasteiger partial charge is 0.348 e. The molecule has 0 radical (unpaired) electrons. The van der Waals surface area contributed by atoms with Crippen molar-refractivity contribution >= 4 is 6.08 Å². The van der Waals surface area contributed by atoms with Crippen LogP contribution < -0.4 is 5.32 Å². The Labute approximate surface area is 93.0 Å². The lowest BCUT2D eigenvalue weighted by atomic mass is 10.2. The number of hydrogen-bond donors (Lipinski definition) is 1. The van der Waals surface area contributed by atoms with Crippen molar-refractivity contribution in [1.82, 2.24) is 9.88 Å². The van der Waals surface area contributed by atoms with Crippen LogP contribution in [0.5, 0.6) is 0 Å². The molecule has 0 aliphatic carbocycles. The highest BCUT2D eigenvalue weighted by Gasteiger charge is 1.96. The van der Waals surface area contributed by atoms with Crippen LogP contribution in [0.2, 0.25) is 0 Å². The van der Waals surface area contributed by atoms with E-state index < -0.39 is 0 Å². The van der Waals surface area contributed by atoms with Crippen molar-refractivity contribution in [1.29, 1.82) is 0 Å². The van der Waals surface area contributed by atoms with E-state index in [0.717, 1.165) is 13.1 Å². The summed E-state index contributed by atoms with van der Waals surface area (Å²) in [6.07, 6.45) is 7.71. The van der Waals surface area contributed by atoms with Gasteiger partial charge in [-0.15, -0.1) is 0 Å². The van der Waals surface area contributed by atoms with Gasteiger partial charge in [0.25, 0.3) is 0 Å². The van der Waals surface area contributed by atoms with E-state index in [2.05, 4.69) is 61.1 Å². The molecule has 1 rings (SSSR count). The zero-order valence-corrected chi connectivity index (χ0v) is 10.0. The molecule has 1 atom stereocenters. The predicted octanol–water partition coefficient (Wildman–Crippen LogP) is 2.91. The Hall–Kier alpha value is -1.02. The van der Waals surface area contributed by atoms with Gasteiger partial charge in [-0.05, 0) is 45.0 Å². The SMILES string of the molecule is CCCNC(C)/C=C/c1cccn1CC. The maximum Gasteiger partial charge on any atom is 0.0403 e. The first-order chi connectivity index (χ1) is 7.27. The van der Waals surface area contributed by atoms with E-state index >= 15 is 0 Å². The number of nitrogens with one attached hydrogen (secondary N) is 1. The number of aryl methyl sites for hydroxylation is 1. The Bertz CT molecular complexity index is 299. The molecular formula is C13H22N2. The van der Waals surface area contributed by atoms with Crippen LogP contribution in [0.25, 0.3) is 6.08 Å². The summed E-state index contributed by atoms with van der Waals surface area (Å²) in [5.74, 6) is 0. The topological polar surface area (TPSA) is 17.0 Å². The van der Waals surface area contributed by atoms with Gasteiger partial charge in [0.15, 0.2) is 0 Å². The van der Waals surface area contributed by atoms with Crippen molar-refractivity contribution in [2.24, 2.45) is 0 Å². The second-order valence-corrected chi connectivity index (χ2v) is 3.82. The molecule has 1 aromatic rings. The molecule has 1 heterocycles. The quantitative estimate of drug-likeness (QED) is 0.757. The number of nitrogens with zero attached hydrogens (tertiary/aromatic N) is 1. The summed E-state index contributed by atoms with van der Waals surface area (Å²) in [4.78, 5) is 0. The fourth-order valence-electron chi connectivity index (χ4n) is 1.55. The first-order valence-corrected chi connectivity index (χ1v) is 5.84. The molecule has 2 heteroatoms. The Morgan fingerprint density at radius 2 is 2.27 bits per heavy atom. The van der Waals surface area contributed by atoms with Crippen molar-refractivity contribution < 1.29 is 0 Å². The van der Waals surface area contributed by atoms with E-state index in [9.17, 15) is 0 Å². The van der Waals surface area contributed by atoms with Gasteiger partial charge in [0.2, 0.25) is 0 Å². The monoisotopic (exact) mass is 206 g/mol. The van der Waals surface area contributed by atoms with Gasteiger partial charge in [0.05, 0.1) is 0 Å². The lowest BCUT2D eigenvalue weighted by Crippen LogP contribution is -2.24. The third-order valence-corrected chi connectivity index (χ3v) is 2.48. The molecule has 15 heavy (non-hydrogen) atoms. The molecule has 2 nitrogen and oxygen atoms in total. The fraction of sp³-hybridized carbons (Fsp3) is 0.538. The van der Waals surface area contributed by atoms with Gasteiger partial charge in [0, 0.05) is 24.5 Å². The van der Waals surface area contributed by atoms with E-state index in [4.69, 9.17) is 0 Å². The average Bonchev–Trinajstić information content (AvgIpc) is 2.70. The van der Waals surface area contributed by atoms with Crippen LogP contribution in [-0.4, -0.2) is 17.2 Å². The van der Waals surface area contributed by atoms with Gasteiger partial charge in [-0.1, -0.05) is 13.0 Å². The Morgan fingerprint density at radius 3 is 2.93 bits per heavy atom. The molecule has 84 valence electrons. The lowest BCUT2D eigenvalue weighted by molar-refractivity contribution is 0.625. The van der Waals surface area contributed by atoms with Crippen LogP contribution in [0.15, 0.2) is 24.4 Å². The van der Waals surface area contributed by atoms with E-state index in [0.29, 0.717) is 6.04 Å². The van der Waals surface area contributed by atoms with Crippen molar-refractivity contribution in [3.05, 3.63) is 30.1 Å². The molecular weight excluding hydrogens is 184 g/mol. The fourth-order valence-corrected chi connectivity index (χ4v) is 1.55. The molecule has 0 saturated carbocycles. The molecule has 0 aromatic carbocycles. The summed E-state index contributed by atoms with van der Waals surface area (Å²) < 4.78 is 2.24. The highest BCUT2D eigenvalue weighted by molar-refractivity contribution is 5.46. The van der Waals surface area contributed by atoms with Gasteiger partial charge < -0.3 is 9.88 Å². The van der Waals surface area contributed by atoms with E-state index in [1.54, 1.807) is 0 Å². The van der Waals surface area contributed by atoms with Gasteiger partial charge in [-0.3, -0.25) is 0 Å². The molecule has 0 aliphatic heterocycles. The molecule has 0 fully saturated rings. The Morgan fingerprint density at radius 1 is 1.47 bits per heavy atom. The minimum absolute atomic E-state index is 0.449. The normalized spacial score (nSPS) is 13.5. The zero-order valence-electron chi connectivity index (χ0n) is 10.0. The molecule has 0 amide bonds. The maximum absolute atomic E-state index is 3.44. The van der Waals surface area contributed by atoms with E-state index in [1.165, 1.54) is 12.1 Å². The average molecular weight is 206 g/mol. The highest BCUT2D eigenvalue weighted by Crippen LogP contribution is 2.05. The first-order valence-electron chi connectivity index (χ1n) is 5.84. The third kappa shape index (κ3) is 3.92. The minimum Gasteiger partial charge on any atom is -0.348 e. The summed E-state index contributed by atoms with van der Waals surface area (Å²) in [6, 6.07) is 4.69. The van der Waals surface area contributed by atoms with Gasteiger partial charge in [0.1, 0.15) is 0 Å². The van der Waals surface area contributed by atoms with Crippen LogP contribution in [0.3, 0.4) is 0 Å². The maximum atomic E-state index is 3.44. The summed E-state index contributed by atoms with van der Waals surface area (Å²) in [7, 11) is 0. The van der Waals surface area contributed by atoms with Crippen molar-refractivity contribution in [2.75, 3.05) is 6.54 Å². The van der Waals surface area contributed by atoms with Crippen LogP contribution in [0.1, 0.15) is 32.9 Å². The van der Waals surface area contributed by atoms with Gasteiger partial charge in [-0.2, -0.15) is 0 Å². The molecule has 0 saturated heterocycles. The summed E-state index contributed by atoms with van der Waals surface area (Å²) in [5, 5.41) is 3.44. The second kappa shape index (κ2) is 6.46. The highest BCUT2D eigenvalue weighted by atomic mass is 14.9. The van der Waals surface area contributed by atoms with E-state index in [-0.39, 0.29) is 0 Å². The predicted molar refractivity (Wildman–Crippen MR) is 66.9 cm³/mol. The molecule has 0 spiro atoms. The zero-order chi connectivity index (χ0) is 11.1. The van der Waals surface area contributed by atoms with Gasteiger partial charge in [-0.25, -0.2) is 0 Å². The summed E-state index contributed by atoms with van der Waals surface area (Å²) >= 11 is 0. The van der Waals surface area contributed by atoms with Crippen LogP contribution in [-0.2, 0) is 6.54 Å². The summed E-state index contributed by atoms with van der Waals surface area (Å²) in [6.45, 7) is 8.65. The van der Waals surface area contributed by atoms with Crippen LogP contribution in [0, 0.1) is 0 Å². The smallest absolute Gasteiger partial charge is 0.0403 e. The molecule has 0 aliphatic rings. The molecule has 1 unspecified atom stereocenters. The number of hydrogen-bond acceptors (Lipinski definition) is 1. The Balaban J connectivity index is 2.49. The first kappa shape index (κ1) is 12.1. The molecule has 0 bridgehead atoms. The van der Waals surface area contributed by atoms with Crippen molar-refractivity contribution in [2.45, 2.75) is 39.8 Å². The molecule has 1 N–H and O–H groups in total. The van der Waals surface area contributed by atoms with Gasteiger partial charge >= 0.3 is 0 Å². The van der Waals surface area contributed by atoms with Crippen molar-refractivity contribution in [3.63, 3.8) is 0 Å². The number of rotatable bonds is 6. The molecule has 1 aromatic heterocycles. The summed E-state index contributed by atoms with van der Waals surface area (Å²) in [5.41, 5.74) is 1.28. The second-order valence-electron chi connectivity index (χ2n) is 3.82. The Kier molecular flexibility index (Phi) is 5.19. The van der Waals surface area contributed by atoms with E-state index in [1.807, 2.05) is 0 Å². The van der Waals surface area contributed by atoms with Crippen molar-refractivity contribution in [3.8, 4) is 0 Å². The van der Waals surface area contributed by atoms with Crippen LogP contribution in [0.4, 0.5) is 0 Å². The lowest BCUT2D eigenvalue weighted by Gasteiger charge is -2.08.